The zero-order chi connectivity index (χ0) is 31.6. The Morgan fingerprint density at radius 2 is 1.65 bits per heavy atom. The number of thioether (sulfide) groups is 1. The van der Waals surface area contributed by atoms with E-state index < -0.39 is 28.5 Å². The fourth-order valence-corrected chi connectivity index (χ4v) is 6.53. The topological polar surface area (TPSA) is 96.0 Å². The fourth-order valence-electron chi connectivity index (χ4n) is 4.70. The van der Waals surface area contributed by atoms with Crippen LogP contribution in [0.25, 0.3) is 0 Å². The van der Waals surface area contributed by atoms with Crippen LogP contribution in [0.5, 0.6) is 5.75 Å². The largest absolute Gasteiger partial charge is 0.492 e. The Morgan fingerprint density at radius 1 is 0.953 bits per heavy atom. The molecule has 2 atom stereocenters. The molecule has 2 amide bonds. The third kappa shape index (κ3) is 8.76. The molecule has 0 unspecified atom stereocenters. The number of para-hydroxylation sites is 2. The second-order valence-corrected chi connectivity index (χ2v) is 13.1. The van der Waals surface area contributed by atoms with Crippen LogP contribution in [0.15, 0.2) is 82.6 Å². The first-order valence-corrected chi connectivity index (χ1v) is 17.3. The molecule has 0 bridgehead atoms. The lowest BCUT2D eigenvalue weighted by atomic mass is 10.1. The van der Waals surface area contributed by atoms with Crippen LogP contribution in [0.4, 0.5) is 5.69 Å². The third-order valence-corrected chi connectivity index (χ3v) is 9.70. The zero-order valence-corrected chi connectivity index (χ0v) is 27.5. The van der Waals surface area contributed by atoms with E-state index in [1.165, 1.54) is 16.7 Å². The summed E-state index contributed by atoms with van der Waals surface area (Å²) in [4.78, 5) is 30.2. The van der Waals surface area contributed by atoms with Crippen molar-refractivity contribution in [3.05, 3.63) is 83.9 Å². The Balaban J connectivity index is 2.12. The second-order valence-electron chi connectivity index (χ2n) is 10.3. The highest BCUT2D eigenvalue weighted by atomic mass is 32.2. The lowest BCUT2D eigenvalue weighted by Gasteiger charge is -2.34. The van der Waals surface area contributed by atoms with Crippen LogP contribution >= 0.6 is 11.8 Å². The minimum absolute atomic E-state index is 0.0520. The van der Waals surface area contributed by atoms with Gasteiger partial charge in [0.1, 0.15) is 18.3 Å². The lowest BCUT2D eigenvalue weighted by Crippen LogP contribution is -2.53. The molecular formula is C33H43N3O5S2. The minimum atomic E-state index is -4.21. The monoisotopic (exact) mass is 625 g/mol. The molecule has 3 aromatic carbocycles. The van der Waals surface area contributed by atoms with Crippen LogP contribution < -0.4 is 14.4 Å². The maximum absolute atomic E-state index is 14.3. The van der Waals surface area contributed by atoms with Crippen LogP contribution in [0.3, 0.4) is 0 Å². The van der Waals surface area contributed by atoms with E-state index in [0.29, 0.717) is 18.8 Å². The maximum atomic E-state index is 14.3. The molecule has 0 aliphatic carbocycles. The Hall–Kier alpha value is -3.50. The first-order valence-electron chi connectivity index (χ1n) is 14.6. The summed E-state index contributed by atoms with van der Waals surface area (Å²) in [5.74, 6) is -0.424. The number of carbonyl (C=O) groups excluding carboxylic acids is 2. The Morgan fingerprint density at radius 3 is 2.26 bits per heavy atom. The van der Waals surface area contributed by atoms with Gasteiger partial charge >= 0.3 is 0 Å². The smallest absolute Gasteiger partial charge is 0.264 e. The van der Waals surface area contributed by atoms with Gasteiger partial charge in [0.05, 0.1) is 17.2 Å². The standard InChI is InChI=1S/C33H43N3O5S2/c1-7-25(5)34-33(38)29(8-2)35(22-26-14-12-13-24(4)21-26)32(37)23-36(30-15-10-11-16-31(30)41-9-3)43(39,40)28-19-17-27(42-6)18-20-28/h10-21,25,29H,7-9,22-23H2,1-6H3,(H,34,38)/t25-,29-/m1/s1. The van der Waals surface area contributed by atoms with Crippen molar-refractivity contribution in [2.75, 3.05) is 23.7 Å². The van der Waals surface area contributed by atoms with Crippen molar-refractivity contribution in [1.82, 2.24) is 10.2 Å². The number of hydrogen-bond donors (Lipinski definition) is 1. The van der Waals surface area contributed by atoms with Crippen molar-refractivity contribution in [2.45, 2.75) is 75.9 Å². The van der Waals surface area contributed by atoms with Crippen LogP contribution in [-0.4, -0.2) is 56.6 Å². The number of aryl methyl sites for hydroxylation is 1. The molecule has 0 saturated heterocycles. The van der Waals surface area contributed by atoms with Gasteiger partial charge in [0.15, 0.2) is 0 Å². The molecule has 43 heavy (non-hydrogen) atoms. The lowest BCUT2D eigenvalue weighted by molar-refractivity contribution is -0.140. The summed E-state index contributed by atoms with van der Waals surface area (Å²) in [5.41, 5.74) is 2.12. The van der Waals surface area contributed by atoms with Crippen molar-refractivity contribution in [3.63, 3.8) is 0 Å². The van der Waals surface area contributed by atoms with Crippen molar-refractivity contribution in [3.8, 4) is 5.75 Å². The summed E-state index contributed by atoms with van der Waals surface area (Å²) in [6.07, 6.45) is 3.01. The SMILES string of the molecule is CCOc1ccccc1N(CC(=O)N(Cc1cccc(C)c1)[C@H](CC)C(=O)N[C@H](C)CC)S(=O)(=O)c1ccc(SC)cc1. The molecule has 232 valence electrons. The average molecular weight is 626 g/mol. The highest BCUT2D eigenvalue weighted by Crippen LogP contribution is 2.33. The van der Waals surface area contributed by atoms with E-state index in [9.17, 15) is 18.0 Å². The van der Waals surface area contributed by atoms with Crippen LogP contribution in [0, 0.1) is 6.92 Å². The van der Waals surface area contributed by atoms with Gasteiger partial charge in [-0.15, -0.1) is 11.8 Å². The number of nitrogens with one attached hydrogen (secondary N) is 1. The number of amides is 2. The molecule has 0 aromatic heterocycles. The molecule has 0 saturated carbocycles. The van der Waals surface area contributed by atoms with Crippen LogP contribution in [-0.2, 0) is 26.2 Å². The second kappa shape index (κ2) is 15.8. The summed E-state index contributed by atoms with van der Waals surface area (Å²) < 4.78 is 35.3. The molecule has 3 aromatic rings. The van der Waals surface area contributed by atoms with Gasteiger partial charge in [-0.1, -0.05) is 55.8 Å². The van der Waals surface area contributed by atoms with Gasteiger partial charge in [0, 0.05) is 17.5 Å². The van der Waals surface area contributed by atoms with E-state index in [2.05, 4.69) is 5.32 Å². The van der Waals surface area contributed by atoms with Crippen LogP contribution in [0.2, 0.25) is 0 Å². The number of ether oxygens (including phenoxy) is 1. The number of sulfonamides is 1. The molecule has 0 fully saturated rings. The van der Waals surface area contributed by atoms with E-state index in [1.54, 1.807) is 48.5 Å². The maximum Gasteiger partial charge on any atom is 0.264 e. The van der Waals surface area contributed by atoms with Gasteiger partial charge in [-0.2, -0.15) is 0 Å². The van der Waals surface area contributed by atoms with Crippen molar-refractivity contribution >= 4 is 39.3 Å². The summed E-state index contributed by atoms with van der Waals surface area (Å²) in [5, 5.41) is 3.00. The summed E-state index contributed by atoms with van der Waals surface area (Å²) in [7, 11) is -4.21. The van der Waals surface area contributed by atoms with E-state index in [0.717, 1.165) is 26.7 Å². The zero-order valence-electron chi connectivity index (χ0n) is 25.9. The number of hydrogen-bond acceptors (Lipinski definition) is 6. The van der Waals surface area contributed by atoms with Crippen molar-refractivity contribution in [2.24, 2.45) is 0 Å². The van der Waals surface area contributed by atoms with E-state index in [1.807, 2.05) is 65.1 Å². The minimum Gasteiger partial charge on any atom is -0.492 e. The van der Waals surface area contributed by atoms with Gasteiger partial charge < -0.3 is 15.0 Å². The van der Waals surface area contributed by atoms with Gasteiger partial charge in [-0.05, 0) is 81.8 Å². The first kappa shape index (κ1) is 34.0. The Bertz CT molecular complexity index is 1480. The molecular weight excluding hydrogens is 583 g/mol. The molecule has 0 heterocycles. The number of nitrogens with zero attached hydrogens (tertiary/aromatic N) is 2. The first-order chi connectivity index (χ1) is 20.5. The predicted octanol–water partition coefficient (Wildman–Crippen LogP) is 6.03. The molecule has 0 aliphatic rings. The average Bonchev–Trinajstić information content (AvgIpc) is 3.00. The number of rotatable bonds is 15. The molecule has 10 heteroatoms. The number of benzene rings is 3. The Kier molecular flexibility index (Phi) is 12.5. The van der Waals surface area contributed by atoms with Gasteiger partial charge in [-0.25, -0.2) is 8.42 Å². The fraction of sp³-hybridized carbons (Fsp3) is 0.394. The Labute approximate surface area is 260 Å². The highest BCUT2D eigenvalue weighted by molar-refractivity contribution is 7.98. The third-order valence-electron chi connectivity index (χ3n) is 7.18. The predicted molar refractivity (Wildman–Crippen MR) is 174 cm³/mol. The summed E-state index contributed by atoms with van der Waals surface area (Å²) >= 11 is 1.51. The van der Waals surface area contributed by atoms with Gasteiger partial charge in [0.25, 0.3) is 10.0 Å². The summed E-state index contributed by atoms with van der Waals surface area (Å²) in [6, 6.07) is 20.2. The van der Waals surface area contributed by atoms with Crippen molar-refractivity contribution < 1.29 is 22.7 Å². The molecule has 0 aliphatic heterocycles. The molecule has 1 N–H and O–H groups in total. The molecule has 3 rings (SSSR count). The molecule has 0 radical (unpaired) electrons. The normalized spacial score (nSPS) is 12.7. The number of anilines is 1. The van der Waals surface area contributed by atoms with Crippen LogP contribution in [0.1, 0.15) is 51.7 Å². The quantitative estimate of drug-likeness (QED) is 0.207. The van der Waals surface area contributed by atoms with E-state index in [-0.39, 0.29) is 29.1 Å². The summed E-state index contributed by atoms with van der Waals surface area (Å²) in [6.45, 7) is 9.46. The van der Waals surface area contributed by atoms with Gasteiger partial charge in [-0.3, -0.25) is 13.9 Å². The van der Waals surface area contributed by atoms with Crippen molar-refractivity contribution in [1.29, 1.82) is 0 Å². The van der Waals surface area contributed by atoms with Gasteiger partial charge in [0.2, 0.25) is 11.8 Å². The molecule has 0 spiro atoms. The van der Waals surface area contributed by atoms with E-state index >= 15 is 0 Å². The highest BCUT2D eigenvalue weighted by Gasteiger charge is 2.35. The molecule has 8 nitrogen and oxygen atoms in total. The number of carbonyl (C=O) groups is 2. The van der Waals surface area contributed by atoms with E-state index in [4.69, 9.17) is 4.74 Å².